The van der Waals surface area contributed by atoms with Crippen molar-refractivity contribution in [3.8, 4) is 11.6 Å². The summed E-state index contributed by atoms with van der Waals surface area (Å²) in [5.41, 5.74) is -0.119. The smallest absolute Gasteiger partial charge is 0.383 e. The number of aromatic nitrogens is 2. The number of hydrogen-bond donors (Lipinski definition) is 1. The van der Waals surface area contributed by atoms with Crippen molar-refractivity contribution in [3.05, 3.63) is 42.9 Å². The molecule has 0 atom stereocenters. The fourth-order valence-electron chi connectivity index (χ4n) is 1.41. The summed E-state index contributed by atoms with van der Waals surface area (Å²) < 4.78 is 55.2. The third kappa shape index (κ3) is 3.68. The van der Waals surface area contributed by atoms with E-state index in [-0.39, 0.29) is 17.3 Å². The van der Waals surface area contributed by atoms with Crippen LogP contribution in [0.2, 0.25) is 0 Å². The molecule has 1 amide bonds. The Bertz CT molecular complexity index is 653. The van der Waals surface area contributed by atoms with E-state index < -0.39 is 18.3 Å². The van der Waals surface area contributed by atoms with E-state index in [1.807, 2.05) is 0 Å². The summed E-state index contributed by atoms with van der Waals surface area (Å²) in [6.07, 6.45) is 0.0301. The minimum absolute atomic E-state index is 0.119. The number of hydrogen-bond acceptors (Lipinski definition) is 4. The van der Waals surface area contributed by atoms with Gasteiger partial charge in [0, 0.05) is 24.1 Å². The van der Waals surface area contributed by atoms with Crippen LogP contribution in [0.5, 0.6) is 11.6 Å². The van der Waals surface area contributed by atoms with Gasteiger partial charge in [0.05, 0.1) is 6.20 Å². The summed E-state index contributed by atoms with van der Waals surface area (Å²) in [6.45, 7) is 0. The van der Waals surface area contributed by atoms with Gasteiger partial charge in [-0.05, 0) is 12.1 Å². The lowest BCUT2D eigenvalue weighted by Gasteiger charge is -2.15. The van der Waals surface area contributed by atoms with Crippen molar-refractivity contribution in [3.63, 3.8) is 0 Å². The fraction of sp³-hybridized carbons (Fsp3) is 0.154. The Balaban J connectivity index is 2.10. The maximum Gasteiger partial charge on any atom is 0.383 e. The second kappa shape index (κ2) is 6.37. The molecule has 1 heterocycles. The number of nitrogens with one attached hydrogen (secondary N) is 1. The lowest BCUT2D eigenvalue weighted by atomic mass is 10.2. The van der Waals surface area contributed by atoms with Crippen molar-refractivity contribution in [2.75, 3.05) is 5.32 Å². The van der Waals surface area contributed by atoms with E-state index in [1.165, 1.54) is 42.9 Å². The van der Waals surface area contributed by atoms with Gasteiger partial charge in [-0.3, -0.25) is 9.78 Å². The Labute approximate surface area is 122 Å². The van der Waals surface area contributed by atoms with E-state index in [1.54, 1.807) is 5.32 Å². The molecule has 5 nitrogen and oxygen atoms in total. The number of amides is 1. The molecule has 1 N–H and O–H groups in total. The lowest BCUT2D eigenvalue weighted by molar-refractivity contribution is -0.163. The Morgan fingerprint density at radius 2 is 2.05 bits per heavy atom. The normalized spacial score (nSPS) is 11.3. The molecular formula is C13H9F4N3O2. The number of alkyl halides is 4. The van der Waals surface area contributed by atoms with E-state index in [9.17, 15) is 22.4 Å². The molecule has 116 valence electrons. The molecule has 1 aromatic heterocycles. The number of carbonyl (C=O) groups is 1. The van der Waals surface area contributed by atoms with E-state index in [4.69, 9.17) is 4.74 Å². The summed E-state index contributed by atoms with van der Waals surface area (Å²) in [5, 5.41) is 1.70. The lowest BCUT2D eigenvalue weighted by Crippen LogP contribution is -2.40. The van der Waals surface area contributed by atoms with Crippen LogP contribution in [-0.4, -0.2) is 28.2 Å². The third-order valence-corrected chi connectivity index (χ3v) is 2.43. The molecule has 1 aromatic carbocycles. The minimum atomic E-state index is -4.78. The zero-order valence-corrected chi connectivity index (χ0v) is 10.8. The van der Waals surface area contributed by atoms with Crippen LogP contribution in [0.15, 0.2) is 42.9 Å². The van der Waals surface area contributed by atoms with Gasteiger partial charge in [-0.15, -0.1) is 0 Å². The van der Waals surface area contributed by atoms with Crippen LogP contribution in [0, 0.1) is 0 Å². The standard InChI is InChI=1S/C13H9F4N3O2/c14-11(15)13(16,17)12(21)20-8-2-1-3-9(6-8)22-10-7-18-4-5-19-10/h1-7,11H,(H,20,21). The van der Waals surface area contributed by atoms with Crippen LogP contribution in [-0.2, 0) is 4.79 Å². The molecule has 0 saturated heterocycles. The van der Waals surface area contributed by atoms with Crippen molar-refractivity contribution in [1.29, 1.82) is 0 Å². The van der Waals surface area contributed by atoms with Gasteiger partial charge in [-0.25, -0.2) is 13.8 Å². The zero-order valence-electron chi connectivity index (χ0n) is 10.8. The first-order chi connectivity index (χ1) is 10.4. The SMILES string of the molecule is O=C(Nc1cccc(Oc2cnccn2)c1)C(F)(F)C(F)F. The van der Waals surface area contributed by atoms with Gasteiger partial charge in [0.1, 0.15) is 5.75 Å². The molecule has 0 radical (unpaired) electrons. The number of benzene rings is 1. The average molecular weight is 315 g/mol. The first kappa shape index (κ1) is 15.7. The molecule has 0 fully saturated rings. The molecular weight excluding hydrogens is 306 g/mol. The Hall–Kier alpha value is -2.71. The molecule has 0 aliphatic rings. The van der Waals surface area contributed by atoms with E-state index >= 15 is 0 Å². The molecule has 2 rings (SSSR count). The maximum atomic E-state index is 12.9. The van der Waals surface area contributed by atoms with E-state index in [2.05, 4.69) is 9.97 Å². The first-order valence-corrected chi connectivity index (χ1v) is 5.91. The maximum absolute atomic E-state index is 12.9. The molecule has 0 aliphatic heterocycles. The number of carbonyl (C=O) groups excluding carboxylic acids is 1. The van der Waals surface area contributed by atoms with Gasteiger partial charge in [0.15, 0.2) is 0 Å². The average Bonchev–Trinajstić information content (AvgIpc) is 2.48. The second-order valence-electron chi connectivity index (χ2n) is 4.05. The molecule has 0 unspecified atom stereocenters. The van der Waals surface area contributed by atoms with Crippen molar-refractivity contribution in [2.45, 2.75) is 12.3 Å². The third-order valence-electron chi connectivity index (χ3n) is 2.43. The van der Waals surface area contributed by atoms with Crippen LogP contribution in [0.4, 0.5) is 23.2 Å². The van der Waals surface area contributed by atoms with Gasteiger partial charge < -0.3 is 10.1 Å². The predicted molar refractivity (Wildman–Crippen MR) is 68.1 cm³/mol. The van der Waals surface area contributed by atoms with Crippen LogP contribution in [0.1, 0.15) is 0 Å². The van der Waals surface area contributed by atoms with Crippen molar-refractivity contribution in [1.82, 2.24) is 9.97 Å². The largest absolute Gasteiger partial charge is 0.437 e. The molecule has 0 saturated carbocycles. The Morgan fingerprint density at radius 1 is 1.27 bits per heavy atom. The number of anilines is 1. The zero-order chi connectivity index (χ0) is 16.2. The monoisotopic (exact) mass is 315 g/mol. The highest BCUT2D eigenvalue weighted by Crippen LogP contribution is 2.26. The quantitative estimate of drug-likeness (QED) is 0.861. The minimum Gasteiger partial charge on any atom is -0.437 e. The topological polar surface area (TPSA) is 64.1 Å². The van der Waals surface area contributed by atoms with Gasteiger partial charge >= 0.3 is 18.3 Å². The van der Waals surface area contributed by atoms with Crippen molar-refractivity contribution >= 4 is 11.6 Å². The first-order valence-electron chi connectivity index (χ1n) is 5.91. The second-order valence-corrected chi connectivity index (χ2v) is 4.05. The van der Waals surface area contributed by atoms with Gasteiger partial charge in [-0.2, -0.15) is 8.78 Å². The van der Waals surface area contributed by atoms with Crippen molar-refractivity contribution in [2.24, 2.45) is 0 Å². The Morgan fingerprint density at radius 3 is 2.68 bits per heavy atom. The van der Waals surface area contributed by atoms with Crippen LogP contribution < -0.4 is 10.1 Å². The number of halogens is 4. The summed E-state index contributed by atoms with van der Waals surface area (Å²) in [5.74, 6) is -6.57. The highest BCUT2D eigenvalue weighted by molar-refractivity contribution is 5.96. The van der Waals surface area contributed by atoms with Gasteiger partial charge in [0.25, 0.3) is 0 Å². The van der Waals surface area contributed by atoms with Crippen LogP contribution >= 0.6 is 0 Å². The number of rotatable bonds is 5. The van der Waals surface area contributed by atoms with Gasteiger partial charge in [0.2, 0.25) is 5.88 Å². The summed E-state index contributed by atoms with van der Waals surface area (Å²) >= 11 is 0. The highest BCUT2D eigenvalue weighted by Gasteiger charge is 2.48. The van der Waals surface area contributed by atoms with Crippen LogP contribution in [0.25, 0.3) is 0 Å². The van der Waals surface area contributed by atoms with E-state index in [0.29, 0.717) is 0 Å². The predicted octanol–water partition coefficient (Wildman–Crippen LogP) is 3.11. The Kier molecular flexibility index (Phi) is 4.54. The molecule has 0 aliphatic carbocycles. The molecule has 9 heteroatoms. The van der Waals surface area contributed by atoms with Crippen LogP contribution in [0.3, 0.4) is 0 Å². The molecule has 0 bridgehead atoms. The van der Waals surface area contributed by atoms with Crippen molar-refractivity contribution < 1.29 is 27.1 Å². The fourth-order valence-corrected chi connectivity index (χ4v) is 1.41. The molecule has 2 aromatic rings. The van der Waals surface area contributed by atoms with E-state index in [0.717, 1.165) is 0 Å². The number of ether oxygens (including phenoxy) is 1. The molecule has 0 spiro atoms. The molecule has 22 heavy (non-hydrogen) atoms. The summed E-state index contributed by atoms with van der Waals surface area (Å²) in [6, 6.07) is 5.30. The highest BCUT2D eigenvalue weighted by atomic mass is 19.3. The number of nitrogens with zero attached hydrogens (tertiary/aromatic N) is 2. The summed E-state index contributed by atoms with van der Waals surface area (Å²) in [7, 11) is 0. The van der Waals surface area contributed by atoms with Gasteiger partial charge in [-0.1, -0.05) is 6.07 Å². The summed E-state index contributed by atoms with van der Waals surface area (Å²) in [4.78, 5) is 18.7.